The van der Waals surface area contributed by atoms with Crippen molar-refractivity contribution >= 4 is 5.97 Å². The lowest BCUT2D eigenvalue weighted by atomic mass is 9.79. The van der Waals surface area contributed by atoms with Gasteiger partial charge in [0.25, 0.3) is 0 Å². The Morgan fingerprint density at radius 2 is 2.00 bits per heavy atom. The molecular formula is C12H21NO2. The molecule has 0 aromatic heterocycles. The van der Waals surface area contributed by atoms with Crippen LogP contribution in [0.15, 0.2) is 0 Å². The van der Waals surface area contributed by atoms with Gasteiger partial charge in [-0.3, -0.25) is 10.1 Å². The highest BCUT2D eigenvalue weighted by molar-refractivity contribution is 5.81. The Morgan fingerprint density at radius 3 is 2.60 bits per heavy atom. The molecule has 1 saturated carbocycles. The Bertz CT molecular complexity index is 244. The van der Waals surface area contributed by atoms with Gasteiger partial charge in [0.2, 0.25) is 0 Å². The first kappa shape index (κ1) is 10.9. The van der Waals surface area contributed by atoms with Crippen molar-refractivity contribution in [3.63, 3.8) is 0 Å². The molecule has 1 atom stereocenters. The predicted molar refractivity (Wildman–Crippen MR) is 58.5 cm³/mol. The lowest BCUT2D eigenvalue weighted by Crippen LogP contribution is -2.64. The maximum absolute atomic E-state index is 11.9. The first-order chi connectivity index (χ1) is 7.14. The number of esters is 1. The first-order valence-corrected chi connectivity index (χ1v) is 6.09. The minimum absolute atomic E-state index is 0.0147. The molecule has 0 bridgehead atoms. The number of morpholine rings is 1. The predicted octanol–water partition coefficient (Wildman–Crippen LogP) is 1.86. The number of ether oxygens (including phenoxy) is 1. The van der Waals surface area contributed by atoms with Gasteiger partial charge in [-0.05, 0) is 18.8 Å². The van der Waals surface area contributed by atoms with E-state index in [9.17, 15) is 4.79 Å². The Hall–Kier alpha value is -0.570. The summed E-state index contributed by atoms with van der Waals surface area (Å²) >= 11 is 0. The zero-order chi connectivity index (χ0) is 10.9. The molecule has 0 aromatic rings. The topological polar surface area (TPSA) is 38.3 Å². The molecule has 86 valence electrons. The summed E-state index contributed by atoms with van der Waals surface area (Å²) in [5.41, 5.74) is -0.342. The summed E-state index contributed by atoms with van der Waals surface area (Å²) in [6, 6.07) is 0.334. The molecule has 2 rings (SSSR count). The van der Waals surface area contributed by atoms with Gasteiger partial charge in [-0.1, -0.05) is 33.1 Å². The molecule has 0 aromatic carbocycles. The van der Waals surface area contributed by atoms with Crippen LogP contribution in [0.25, 0.3) is 0 Å². The summed E-state index contributed by atoms with van der Waals surface area (Å²) in [6.45, 7) is 4.89. The summed E-state index contributed by atoms with van der Waals surface area (Å²) < 4.78 is 5.34. The van der Waals surface area contributed by atoms with Gasteiger partial charge in [0.1, 0.15) is 12.1 Å². The zero-order valence-electron chi connectivity index (χ0n) is 9.71. The first-order valence-electron chi connectivity index (χ1n) is 6.09. The van der Waals surface area contributed by atoms with Gasteiger partial charge in [-0.2, -0.15) is 0 Å². The Morgan fingerprint density at radius 1 is 1.33 bits per heavy atom. The van der Waals surface area contributed by atoms with Crippen molar-refractivity contribution in [3.8, 4) is 0 Å². The van der Waals surface area contributed by atoms with Crippen LogP contribution in [0, 0.1) is 5.92 Å². The van der Waals surface area contributed by atoms with Crippen LogP contribution in [-0.4, -0.2) is 24.2 Å². The van der Waals surface area contributed by atoms with E-state index < -0.39 is 0 Å². The van der Waals surface area contributed by atoms with Crippen LogP contribution in [0.1, 0.15) is 46.0 Å². The summed E-state index contributed by atoms with van der Waals surface area (Å²) in [5, 5.41) is 3.54. The molecule has 1 N–H and O–H groups in total. The Balaban J connectivity index is 2.10. The molecule has 2 fully saturated rings. The molecule has 1 saturated heterocycles. The molecule has 15 heavy (non-hydrogen) atoms. The number of rotatable bonds is 1. The molecule has 1 aliphatic heterocycles. The van der Waals surface area contributed by atoms with Crippen molar-refractivity contribution in [2.75, 3.05) is 6.61 Å². The second-order valence-electron chi connectivity index (χ2n) is 5.24. The standard InChI is InChI=1S/C12H21NO2/c1-9(2)10-8-15-11(14)12(13-10)6-4-3-5-7-12/h9-10,13H,3-8H2,1-2H3/t10-/m0/s1. The highest BCUT2D eigenvalue weighted by atomic mass is 16.5. The quantitative estimate of drug-likeness (QED) is 0.673. The molecule has 3 nitrogen and oxygen atoms in total. The minimum atomic E-state index is -0.342. The second kappa shape index (κ2) is 4.12. The normalized spacial score (nSPS) is 30.6. The van der Waals surface area contributed by atoms with Gasteiger partial charge in [0.05, 0.1) is 0 Å². The highest BCUT2D eigenvalue weighted by Crippen LogP contribution is 2.32. The van der Waals surface area contributed by atoms with Crippen molar-refractivity contribution in [2.24, 2.45) is 5.92 Å². The summed E-state index contributed by atoms with van der Waals surface area (Å²) in [7, 11) is 0. The van der Waals surface area contributed by atoms with Crippen molar-refractivity contribution in [3.05, 3.63) is 0 Å². The third-order valence-electron chi connectivity index (χ3n) is 3.76. The maximum Gasteiger partial charge on any atom is 0.326 e. The van der Waals surface area contributed by atoms with Crippen LogP contribution in [-0.2, 0) is 9.53 Å². The lowest BCUT2D eigenvalue weighted by molar-refractivity contribution is -0.162. The van der Waals surface area contributed by atoms with Crippen molar-refractivity contribution in [2.45, 2.75) is 57.5 Å². The monoisotopic (exact) mass is 211 g/mol. The fourth-order valence-electron chi connectivity index (χ4n) is 2.62. The fraction of sp³-hybridized carbons (Fsp3) is 0.917. The molecular weight excluding hydrogens is 190 g/mol. The average molecular weight is 211 g/mol. The molecule has 2 aliphatic rings. The van der Waals surface area contributed by atoms with Crippen LogP contribution >= 0.6 is 0 Å². The molecule has 1 heterocycles. The number of hydrogen-bond acceptors (Lipinski definition) is 3. The van der Waals surface area contributed by atoms with E-state index >= 15 is 0 Å². The van der Waals surface area contributed by atoms with E-state index in [0.717, 1.165) is 25.7 Å². The Kier molecular flexibility index (Phi) is 3.01. The number of hydrogen-bond donors (Lipinski definition) is 1. The van der Waals surface area contributed by atoms with Crippen LogP contribution in [0.4, 0.5) is 0 Å². The summed E-state index contributed by atoms with van der Waals surface area (Å²) in [5.74, 6) is 0.510. The van der Waals surface area contributed by atoms with Crippen LogP contribution in [0.5, 0.6) is 0 Å². The van der Waals surface area contributed by atoms with Gasteiger partial charge in [-0.15, -0.1) is 0 Å². The van der Waals surface area contributed by atoms with Crippen molar-refractivity contribution in [1.29, 1.82) is 0 Å². The molecule has 1 aliphatic carbocycles. The van der Waals surface area contributed by atoms with Gasteiger partial charge in [0.15, 0.2) is 0 Å². The molecule has 3 heteroatoms. The van der Waals surface area contributed by atoms with Crippen molar-refractivity contribution < 1.29 is 9.53 Å². The van der Waals surface area contributed by atoms with E-state index in [1.807, 2.05) is 0 Å². The highest BCUT2D eigenvalue weighted by Gasteiger charge is 2.45. The van der Waals surface area contributed by atoms with E-state index in [0.29, 0.717) is 18.6 Å². The van der Waals surface area contributed by atoms with Gasteiger partial charge in [-0.25, -0.2) is 0 Å². The van der Waals surface area contributed by atoms with Gasteiger partial charge < -0.3 is 4.74 Å². The smallest absolute Gasteiger partial charge is 0.326 e. The second-order valence-corrected chi connectivity index (χ2v) is 5.24. The largest absolute Gasteiger partial charge is 0.463 e. The number of carbonyl (C=O) groups excluding carboxylic acids is 1. The number of carbonyl (C=O) groups is 1. The van der Waals surface area contributed by atoms with E-state index in [1.165, 1.54) is 6.42 Å². The molecule has 0 unspecified atom stereocenters. The van der Waals surface area contributed by atoms with E-state index in [-0.39, 0.29) is 11.5 Å². The van der Waals surface area contributed by atoms with E-state index in [1.54, 1.807) is 0 Å². The van der Waals surface area contributed by atoms with E-state index in [4.69, 9.17) is 4.74 Å². The minimum Gasteiger partial charge on any atom is -0.463 e. The summed E-state index contributed by atoms with van der Waals surface area (Å²) in [4.78, 5) is 11.9. The van der Waals surface area contributed by atoms with Crippen molar-refractivity contribution in [1.82, 2.24) is 5.32 Å². The van der Waals surface area contributed by atoms with Gasteiger partial charge in [0, 0.05) is 6.04 Å². The van der Waals surface area contributed by atoms with Crippen LogP contribution in [0.3, 0.4) is 0 Å². The molecule has 1 spiro atoms. The summed E-state index contributed by atoms with van der Waals surface area (Å²) in [6.07, 6.45) is 5.45. The van der Waals surface area contributed by atoms with Crippen LogP contribution < -0.4 is 5.32 Å². The molecule has 0 radical (unpaired) electrons. The lowest BCUT2D eigenvalue weighted by Gasteiger charge is -2.43. The molecule has 0 amide bonds. The van der Waals surface area contributed by atoms with E-state index in [2.05, 4.69) is 19.2 Å². The Labute approximate surface area is 91.6 Å². The SMILES string of the molecule is CC(C)[C@@H]1COC(=O)C2(CCCCC2)N1. The maximum atomic E-state index is 11.9. The number of cyclic esters (lactones) is 1. The number of nitrogens with one attached hydrogen (secondary N) is 1. The average Bonchev–Trinajstić information content (AvgIpc) is 2.23. The zero-order valence-corrected chi connectivity index (χ0v) is 9.71. The van der Waals surface area contributed by atoms with Gasteiger partial charge >= 0.3 is 5.97 Å². The third-order valence-corrected chi connectivity index (χ3v) is 3.76. The van der Waals surface area contributed by atoms with Crippen LogP contribution in [0.2, 0.25) is 0 Å². The fourth-order valence-corrected chi connectivity index (χ4v) is 2.62. The third kappa shape index (κ3) is 2.03.